The van der Waals surface area contributed by atoms with Crippen molar-refractivity contribution in [3.8, 4) is 0 Å². The molecule has 0 fully saturated rings. The van der Waals surface area contributed by atoms with Gasteiger partial charge in [-0.2, -0.15) is 0 Å². The number of benzene rings is 1. The monoisotopic (exact) mass is 268 g/mol. The Morgan fingerprint density at radius 3 is 2.72 bits per heavy atom. The number of carbonyl (C=O) groups excluding carboxylic acids is 1. The lowest BCUT2D eigenvalue weighted by Crippen LogP contribution is -2.22. The first-order valence-electron chi connectivity index (χ1n) is 5.27. The van der Waals surface area contributed by atoms with Crippen LogP contribution in [0.3, 0.4) is 0 Å². The van der Waals surface area contributed by atoms with Gasteiger partial charge in [-0.15, -0.1) is 0 Å². The molecule has 2 aromatic rings. The molecule has 0 radical (unpaired) electrons. The molecule has 0 bridgehead atoms. The van der Waals surface area contributed by atoms with Gasteiger partial charge in [-0.3, -0.25) is 4.79 Å². The molecule has 2 rings (SSSR count). The summed E-state index contributed by atoms with van der Waals surface area (Å²) in [4.78, 5) is 11.0. The topological polar surface area (TPSA) is 102 Å². The number of fused-ring (bicyclic) bond motifs is 1. The molecular weight excluding hydrogens is 256 g/mol. The van der Waals surface area contributed by atoms with Crippen LogP contribution < -0.4 is 10.5 Å². The third-order valence-corrected chi connectivity index (χ3v) is 3.92. The van der Waals surface area contributed by atoms with Gasteiger partial charge in [0, 0.05) is 18.0 Å². The van der Waals surface area contributed by atoms with E-state index >= 15 is 0 Å². The number of sulfonamides is 1. The van der Waals surface area contributed by atoms with Gasteiger partial charge in [-0.05, 0) is 18.2 Å². The summed E-state index contributed by atoms with van der Waals surface area (Å²) in [6.45, 7) is 1.99. The van der Waals surface area contributed by atoms with Gasteiger partial charge in [0.1, 0.15) is 5.58 Å². The molecule has 6 nitrogen and oxygen atoms in total. The molecule has 1 aromatic carbocycles. The van der Waals surface area contributed by atoms with E-state index in [0.717, 1.165) is 0 Å². The molecule has 0 saturated carbocycles. The van der Waals surface area contributed by atoms with Crippen LogP contribution in [0, 0.1) is 0 Å². The summed E-state index contributed by atoms with van der Waals surface area (Å²) in [6.07, 6.45) is 0. The van der Waals surface area contributed by atoms with Gasteiger partial charge in [0.05, 0.1) is 4.90 Å². The van der Waals surface area contributed by atoms with Crippen LogP contribution in [-0.2, 0) is 10.0 Å². The van der Waals surface area contributed by atoms with Crippen molar-refractivity contribution in [2.45, 2.75) is 11.8 Å². The van der Waals surface area contributed by atoms with E-state index in [1.54, 1.807) is 13.0 Å². The first kappa shape index (κ1) is 12.6. The van der Waals surface area contributed by atoms with Gasteiger partial charge in [0.25, 0.3) is 5.91 Å². The summed E-state index contributed by atoms with van der Waals surface area (Å²) >= 11 is 0. The van der Waals surface area contributed by atoms with Gasteiger partial charge in [0.2, 0.25) is 10.0 Å². The Kier molecular flexibility index (Phi) is 3.10. The SMILES string of the molecule is CCNS(=O)(=O)c1ccc2cc(C(N)=O)oc2c1. The number of nitrogens with two attached hydrogens (primary N) is 1. The first-order chi connectivity index (χ1) is 8.44. The molecule has 0 saturated heterocycles. The summed E-state index contributed by atoms with van der Waals surface area (Å²) in [5.41, 5.74) is 5.39. The van der Waals surface area contributed by atoms with Crippen LogP contribution in [-0.4, -0.2) is 20.9 Å². The van der Waals surface area contributed by atoms with E-state index in [2.05, 4.69) is 4.72 Å². The lowest BCUT2D eigenvalue weighted by molar-refractivity contribution is 0.0976. The van der Waals surface area contributed by atoms with E-state index in [0.29, 0.717) is 17.5 Å². The molecule has 0 atom stereocenters. The minimum absolute atomic E-state index is 0.00278. The van der Waals surface area contributed by atoms with E-state index in [9.17, 15) is 13.2 Å². The maximum atomic E-state index is 11.8. The molecule has 0 spiro atoms. The van der Waals surface area contributed by atoms with Crippen molar-refractivity contribution < 1.29 is 17.6 Å². The Morgan fingerprint density at radius 1 is 1.39 bits per heavy atom. The molecule has 96 valence electrons. The Balaban J connectivity index is 2.54. The maximum Gasteiger partial charge on any atom is 0.284 e. The third kappa shape index (κ3) is 2.22. The zero-order valence-corrected chi connectivity index (χ0v) is 10.5. The van der Waals surface area contributed by atoms with Crippen molar-refractivity contribution in [2.75, 3.05) is 6.54 Å². The smallest absolute Gasteiger partial charge is 0.284 e. The number of furan rings is 1. The van der Waals surface area contributed by atoms with Gasteiger partial charge in [-0.1, -0.05) is 6.92 Å². The zero-order chi connectivity index (χ0) is 13.3. The maximum absolute atomic E-state index is 11.8. The van der Waals surface area contributed by atoms with Crippen LogP contribution in [0.15, 0.2) is 33.6 Å². The van der Waals surface area contributed by atoms with Gasteiger partial charge >= 0.3 is 0 Å². The van der Waals surface area contributed by atoms with Crippen LogP contribution >= 0.6 is 0 Å². The summed E-state index contributed by atoms with van der Waals surface area (Å²) in [5.74, 6) is -0.690. The minimum atomic E-state index is -3.54. The largest absolute Gasteiger partial charge is 0.451 e. The highest BCUT2D eigenvalue weighted by atomic mass is 32.2. The van der Waals surface area contributed by atoms with Crippen LogP contribution in [0.1, 0.15) is 17.5 Å². The Bertz CT molecular complexity index is 703. The van der Waals surface area contributed by atoms with E-state index in [4.69, 9.17) is 10.2 Å². The summed E-state index contributed by atoms with van der Waals surface area (Å²) in [5, 5.41) is 0.624. The normalized spacial score (nSPS) is 11.8. The van der Waals surface area contributed by atoms with Crippen molar-refractivity contribution in [1.82, 2.24) is 4.72 Å². The van der Waals surface area contributed by atoms with Crippen LogP contribution in [0.4, 0.5) is 0 Å². The average Bonchev–Trinajstić information content (AvgIpc) is 2.71. The second-order valence-electron chi connectivity index (χ2n) is 3.68. The molecule has 1 heterocycles. The summed E-state index contributed by atoms with van der Waals surface area (Å²) in [7, 11) is -3.54. The third-order valence-electron chi connectivity index (χ3n) is 2.38. The lowest BCUT2D eigenvalue weighted by atomic mass is 10.2. The van der Waals surface area contributed by atoms with E-state index in [1.165, 1.54) is 18.2 Å². The fourth-order valence-corrected chi connectivity index (χ4v) is 2.63. The number of hydrogen-bond acceptors (Lipinski definition) is 4. The number of amides is 1. The molecule has 18 heavy (non-hydrogen) atoms. The molecule has 0 unspecified atom stereocenters. The van der Waals surface area contributed by atoms with Crippen molar-refractivity contribution in [1.29, 1.82) is 0 Å². The number of nitrogens with one attached hydrogen (secondary N) is 1. The highest BCUT2D eigenvalue weighted by Gasteiger charge is 2.15. The van der Waals surface area contributed by atoms with E-state index in [1.807, 2.05) is 0 Å². The minimum Gasteiger partial charge on any atom is -0.451 e. The highest BCUT2D eigenvalue weighted by molar-refractivity contribution is 7.89. The summed E-state index contributed by atoms with van der Waals surface area (Å²) in [6, 6.07) is 5.84. The number of rotatable bonds is 4. The molecule has 7 heteroatoms. The molecule has 3 N–H and O–H groups in total. The van der Waals surface area contributed by atoms with Crippen molar-refractivity contribution in [2.24, 2.45) is 5.73 Å². The second-order valence-corrected chi connectivity index (χ2v) is 5.44. The molecule has 0 aliphatic rings. The quantitative estimate of drug-likeness (QED) is 0.857. The number of carbonyl (C=O) groups is 1. The predicted molar refractivity (Wildman–Crippen MR) is 65.6 cm³/mol. The van der Waals surface area contributed by atoms with Gasteiger partial charge < -0.3 is 10.2 Å². The predicted octanol–water partition coefficient (Wildman–Crippen LogP) is 0.830. The van der Waals surface area contributed by atoms with Crippen molar-refractivity contribution in [3.05, 3.63) is 30.0 Å². The molecule has 0 aliphatic heterocycles. The lowest BCUT2D eigenvalue weighted by Gasteiger charge is -2.03. The highest BCUT2D eigenvalue weighted by Crippen LogP contribution is 2.22. The van der Waals surface area contributed by atoms with Gasteiger partial charge in [0.15, 0.2) is 5.76 Å². The standard InChI is InChI=1S/C11H12N2O4S/c1-2-13-18(15,16)8-4-3-7-5-10(11(12)14)17-9(7)6-8/h3-6,13H,2H2,1H3,(H2,12,14). The molecule has 0 aliphatic carbocycles. The van der Waals surface area contributed by atoms with Crippen molar-refractivity contribution in [3.63, 3.8) is 0 Å². The van der Waals surface area contributed by atoms with E-state index < -0.39 is 15.9 Å². The van der Waals surface area contributed by atoms with E-state index in [-0.39, 0.29) is 10.7 Å². The van der Waals surface area contributed by atoms with Crippen LogP contribution in [0.25, 0.3) is 11.0 Å². The molecular formula is C11H12N2O4S. The fourth-order valence-electron chi connectivity index (χ4n) is 1.57. The van der Waals surface area contributed by atoms with Crippen LogP contribution in [0.2, 0.25) is 0 Å². The fraction of sp³-hybridized carbons (Fsp3) is 0.182. The molecule has 1 amide bonds. The average molecular weight is 268 g/mol. The summed E-state index contributed by atoms with van der Waals surface area (Å²) < 4.78 is 31.1. The number of hydrogen-bond donors (Lipinski definition) is 2. The van der Waals surface area contributed by atoms with Gasteiger partial charge in [-0.25, -0.2) is 13.1 Å². The Hall–Kier alpha value is -1.86. The molecule has 1 aromatic heterocycles. The van der Waals surface area contributed by atoms with Crippen LogP contribution in [0.5, 0.6) is 0 Å². The first-order valence-corrected chi connectivity index (χ1v) is 6.75. The van der Waals surface area contributed by atoms with Crippen molar-refractivity contribution >= 4 is 26.9 Å². The second kappa shape index (κ2) is 4.43. The number of primary amides is 1. The Morgan fingerprint density at radius 2 is 2.11 bits per heavy atom. The zero-order valence-electron chi connectivity index (χ0n) is 9.64. The Labute approximate surface area is 104 Å².